The van der Waals surface area contributed by atoms with Crippen LogP contribution >= 0.6 is 24.0 Å². The van der Waals surface area contributed by atoms with Crippen LogP contribution < -0.4 is 24.8 Å². The van der Waals surface area contributed by atoms with Gasteiger partial charge in [0.25, 0.3) is 0 Å². The van der Waals surface area contributed by atoms with Crippen LogP contribution in [0.15, 0.2) is 17.1 Å². The van der Waals surface area contributed by atoms with E-state index in [0.717, 1.165) is 5.56 Å². The number of sulfone groups is 1. The molecule has 0 amide bonds. The lowest BCUT2D eigenvalue weighted by Gasteiger charge is -2.14. The standard InChI is InChI=1S/C16H27N3O5S.HI/c1-6-17-16(18-7-8-25(5,20)21)19-11-12-9-13(22-2)15(24-4)14(10-12)23-3;/h9-10H,6-8,11H2,1-5H3,(H2,17,18,19);1H. The molecule has 0 aliphatic heterocycles. The molecule has 0 fully saturated rings. The van der Waals surface area contributed by atoms with Gasteiger partial charge in [-0.3, -0.25) is 0 Å². The van der Waals surface area contributed by atoms with Crippen LogP contribution in [0.25, 0.3) is 0 Å². The topological polar surface area (TPSA) is 98.2 Å². The lowest BCUT2D eigenvalue weighted by molar-refractivity contribution is 0.324. The van der Waals surface area contributed by atoms with Gasteiger partial charge in [-0.25, -0.2) is 13.4 Å². The summed E-state index contributed by atoms with van der Waals surface area (Å²) < 4.78 is 38.4. The van der Waals surface area contributed by atoms with Crippen molar-refractivity contribution in [2.45, 2.75) is 13.5 Å². The van der Waals surface area contributed by atoms with Gasteiger partial charge in [0.15, 0.2) is 17.5 Å². The molecule has 0 radical (unpaired) electrons. The van der Waals surface area contributed by atoms with Gasteiger partial charge in [0, 0.05) is 19.3 Å². The Balaban J connectivity index is 0.00000625. The number of ether oxygens (including phenoxy) is 3. The van der Waals surface area contributed by atoms with E-state index in [2.05, 4.69) is 15.6 Å². The van der Waals surface area contributed by atoms with Crippen molar-refractivity contribution in [1.82, 2.24) is 10.6 Å². The molecule has 0 unspecified atom stereocenters. The van der Waals surface area contributed by atoms with E-state index in [1.807, 2.05) is 19.1 Å². The Kier molecular flexibility index (Phi) is 11.4. The summed E-state index contributed by atoms with van der Waals surface area (Å²) in [6.45, 7) is 3.26. The Hall–Kier alpha value is -1.43. The van der Waals surface area contributed by atoms with Crippen molar-refractivity contribution >= 4 is 39.8 Å². The molecule has 0 spiro atoms. The molecule has 2 N–H and O–H groups in total. The van der Waals surface area contributed by atoms with Gasteiger partial charge >= 0.3 is 0 Å². The minimum absolute atomic E-state index is 0. The summed E-state index contributed by atoms with van der Waals surface area (Å²) >= 11 is 0. The highest BCUT2D eigenvalue weighted by Crippen LogP contribution is 2.38. The second-order valence-electron chi connectivity index (χ2n) is 5.29. The summed E-state index contributed by atoms with van der Waals surface area (Å²) in [4.78, 5) is 4.46. The predicted octanol–water partition coefficient (Wildman–Crippen LogP) is 1.43. The predicted molar refractivity (Wildman–Crippen MR) is 114 cm³/mol. The number of rotatable bonds is 9. The van der Waals surface area contributed by atoms with Gasteiger partial charge in [-0.1, -0.05) is 0 Å². The molecule has 0 aliphatic rings. The number of aliphatic imine (C=N–C) groups is 1. The second-order valence-corrected chi connectivity index (χ2v) is 7.55. The van der Waals surface area contributed by atoms with Crippen LogP contribution in [-0.4, -0.2) is 60.8 Å². The molecule has 0 saturated heterocycles. The van der Waals surface area contributed by atoms with Crippen molar-refractivity contribution in [3.63, 3.8) is 0 Å². The first-order chi connectivity index (χ1) is 11.8. The molecule has 0 saturated carbocycles. The molecule has 1 aromatic rings. The number of nitrogens with zero attached hydrogens (tertiary/aromatic N) is 1. The molecule has 1 aromatic carbocycles. The Morgan fingerprint density at radius 2 is 1.65 bits per heavy atom. The molecule has 0 aromatic heterocycles. The van der Waals surface area contributed by atoms with Gasteiger partial charge in [-0.2, -0.15) is 0 Å². The monoisotopic (exact) mass is 501 g/mol. The number of nitrogens with one attached hydrogen (secondary N) is 2. The maximum atomic E-state index is 11.2. The van der Waals surface area contributed by atoms with Gasteiger partial charge in [0.05, 0.1) is 33.6 Å². The summed E-state index contributed by atoms with van der Waals surface area (Å²) in [6, 6.07) is 3.65. The lowest BCUT2D eigenvalue weighted by atomic mass is 10.2. The van der Waals surface area contributed by atoms with Crippen LogP contribution in [0.5, 0.6) is 17.2 Å². The molecule has 0 heterocycles. The van der Waals surface area contributed by atoms with Gasteiger partial charge in [0.1, 0.15) is 9.84 Å². The average Bonchev–Trinajstić information content (AvgIpc) is 2.57. The zero-order valence-corrected chi connectivity index (χ0v) is 18.9. The first-order valence-corrected chi connectivity index (χ1v) is 9.89. The SMILES string of the molecule is CCNC(=NCc1cc(OC)c(OC)c(OC)c1)NCCS(C)(=O)=O.I. The summed E-state index contributed by atoms with van der Waals surface area (Å²) in [5.41, 5.74) is 0.870. The highest BCUT2D eigenvalue weighted by atomic mass is 127. The highest BCUT2D eigenvalue weighted by molar-refractivity contribution is 14.0. The Morgan fingerprint density at radius 3 is 2.08 bits per heavy atom. The number of hydrogen-bond donors (Lipinski definition) is 2. The third-order valence-corrected chi connectivity index (χ3v) is 4.20. The van der Waals surface area contributed by atoms with E-state index >= 15 is 0 Å². The normalized spacial score (nSPS) is 11.3. The van der Waals surface area contributed by atoms with E-state index in [-0.39, 0.29) is 29.7 Å². The minimum atomic E-state index is -3.02. The van der Waals surface area contributed by atoms with Crippen LogP contribution in [0.3, 0.4) is 0 Å². The van der Waals surface area contributed by atoms with Gasteiger partial charge in [0.2, 0.25) is 5.75 Å². The Bertz CT molecular complexity index is 670. The molecular formula is C16H28IN3O5S. The summed E-state index contributed by atoms with van der Waals surface area (Å²) in [7, 11) is 1.64. The highest BCUT2D eigenvalue weighted by Gasteiger charge is 2.13. The maximum Gasteiger partial charge on any atom is 0.203 e. The Morgan fingerprint density at radius 1 is 1.08 bits per heavy atom. The van der Waals surface area contributed by atoms with Crippen molar-refractivity contribution in [1.29, 1.82) is 0 Å². The van der Waals surface area contributed by atoms with Crippen LogP contribution in [0.4, 0.5) is 0 Å². The quantitative estimate of drug-likeness (QED) is 0.300. The Labute approximate surface area is 172 Å². The fraction of sp³-hybridized carbons (Fsp3) is 0.562. The second kappa shape index (κ2) is 12.0. The van der Waals surface area contributed by atoms with Crippen molar-refractivity contribution in [2.75, 3.05) is 46.4 Å². The van der Waals surface area contributed by atoms with Crippen molar-refractivity contribution in [3.05, 3.63) is 17.7 Å². The lowest BCUT2D eigenvalue weighted by Crippen LogP contribution is -2.39. The molecule has 0 aliphatic carbocycles. The van der Waals surface area contributed by atoms with Crippen LogP contribution in [0.1, 0.15) is 12.5 Å². The molecule has 26 heavy (non-hydrogen) atoms. The largest absolute Gasteiger partial charge is 0.493 e. The molecule has 8 nitrogen and oxygen atoms in total. The van der Waals surface area contributed by atoms with Gasteiger partial charge in [-0.05, 0) is 24.6 Å². The van der Waals surface area contributed by atoms with E-state index in [9.17, 15) is 8.42 Å². The van der Waals surface area contributed by atoms with E-state index in [1.54, 1.807) is 21.3 Å². The van der Waals surface area contributed by atoms with Crippen LogP contribution in [0.2, 0.25) is 0 Å². The van der Waals surface area contributed by atoms with Crippen molar-refractivity contribution in [3.8, 4) is 17.2 Å². The molecule has 1 rings (SSSR count). The smallest absolute Gasteiger partial charge is 0.203 e. The number of guanidine groups is 1. The first kappa shape index (κ1) is 24.6. The van der Waals surface area contributed by atoms with E-state index in [1.165, 1.54) is 6.26 Å². The maximum absolute atomic E-state index is 11.2. The summed E-state index contributed by atoms with van der Waals surface area (Å²) in [5.74, 6) is 2.22. The zero-order chi connectivity index (χ0) is 18.9. The molecule has 0 bridgehead atoms. The van der Waals surface area contributed by atoms with E-state index in [4.69, 9.17) is 14.2 Å². The fourth-order valence-corrected chi connectivity index (χ4v) is 2.57. The van der Waals surface area contributed by atoms with E-state index < -0.39 is 9.84 Å². The summed E-state index contributed by atoms with van der Waals surface area (Å²) in [6.07, 6.45) is 1.20. The average molecular weight is 501 g/mol. The molecular weight excluding hydrogens is 473 g/mol. The van der Waals surface area contributed by atoms with Crippen molar-refractivity contribution < 1.29 is 22.6 Å². The minimum Gasteiger partial charge on any atom is -0.493 e. The number of benzene rings is 1. The number of hydrogen-bond acceptors (Lipinski definition) is 6. The molecule has 150 valence electrons. The third kappa shape index (κ3) is 8.30. The summed E-state index contributed by atoms with van der Waals surface area (Å²) in [5, 5.41) is 6.08. The van der Waals surface area contributed by atoms with Crippen LogP contribution in [0, 0.1) is 0 Å². The van der Waals surface area contributed by atoms with Crippen LogP contribution in [-0.2, 0) is 16.4 Å². The zero-order valence-electron chi connectivity index (χ0n) is 15.8. The fourth-order valence-electron chi connectivity index (χ4n) is 2.09. The molecule has 10 heteroatoms. The van der Waals surface area contributed by atoms with E-state index in [0.29, 0.717) is 42.8 Å². The molecule has 0 atom stereocenters. The number of halogens is 1. The van der Waals surface area contributed by atoms with Gasteiger partial charge in [-0.15, -0.1) is 24.0 Å². The van der Waals surface area contributed by atoms with Gasteiger partial charge < -0.3 is 24.8 Å². The first-order valence-electron chi connectivity index (χ1n) is 7.83. The number of methoxy groups -OCH3 is 3. The van der Waals surface area contributed by atoms with Crippen molar-refractivity contribution in [2.24, 2.45) is 4.99 Å². The third-order valence-electron chi connectivity index (χ3n) is 3.25.